The van der Waals surface area contributed by atoms with Gasteiger partial charge < -0.3 is 19.5 Å². The first-order valence-electron chi connectivity index (χ1n) is 9.20. The monoisotopic (exact) mass is 359 g/mol. The van der Waals surface area contributed by atoms with Crippen LogP contribution in [0.1, 0.15) is 24.6 Å². The molecular weight excluding hydrogens is 334 g/mol. The van der Waals surface area contributed by atoms with Crippen molar-refractivity contribution in [1.82, 2.24) is 25.0 Å². The lowest BCUT2D eigenvalue weighted by Gasteiger charge is -2.32. The summed E-state index contributed by atoms with van der Waals surface area (Å²) in [7, 11) is 0. The molecule has 0 radical (unpaired) electrons. The van der Waals surface area contributed by atoms with E-state index in [1.54, 1.807) is 0 Å². The molecule has 2 aromatic rings. The maximum atomic E-state index is 5.39. The van der Waals surface area contributed by atoms with Crippen molar-refractivity contribution in [2.45, 2.75) is 32.4 Å². The molecule has 9 nitrogen and oxygen atoms in total. The van der Waals surface area contributed by atoms with Gasteiger partial charge >= 0.3 is 0 Å². The molecule has 2 aliphatic heterocycles. The molecule has 2 saturated heterocycles. The zero-order chi connectivity index (χ0) is 17.8. The van der Waals surface area contributed by atoms with Crippen LogP contribution in [0.4, 0.5) is 11.8 Å². The van der Waals surface area contributed by atoms with Crippen LogP contribution in [0.25, 0.3) is 0 Å². The van der Waals surface area contributed by atoms with Crippen LogP contribution < -0.4 is 10.2 Å². The number of morpholine rings is 1. The van der Waals surface area contributed by atoms with Gasteiger partial charge in [-0.1, -0.05) is 5.16 Å². The summed E-state index contributed by atoms with van der Waals surface area (Å²) in [5, 5.41) is 7.41. The fourth-order valence-corrected chi connectivity index (χ4v) is 3.38. The van der Waals surface area contributed by atoms with E-state index in [9.17, 15) is 0 Å². The summed E-state index contributed by atoms with van der Waals surface area (Å²) in [5.74, 6) is 3.06. The van der Waals surface area contributed by atoms with Gasteiger partial charge in [-0.2, -0.15) is 9.97 Å². The van der Waals surface area contributed by atoms with E-state index in [4.69, 9.17) is 9.26 Å². The smallest absolute Gasteiger partial charge is 0.240 e. The first kappa shape index (κ1) is 17.2. The largest absolute Gasteiger partial charge is 0.378 e. The van der Waals surface area contributed by atoms with E-state index in [0.29, 0.717) is 17.8 Å². The Morgan fingerprint density at radius 3 is 2.69 bits per heavy atom. The third kappa shape index (κ3) is 4.28. The number of anilines is 2. The van der Waals surface area contributed by atoms with Crippen molar-refractivity contribution in [2.24, 2.45) is 0 Å². The maximum Gasteiger partial charge on any atom is 0.240 e. The van der Waals surface area contributed by atoms with Gasteiger partial charge in [-0.05, 0) is 25.8 Å². The first-order chi connectivity index (χ1) is 12.8. The molecule has 0 amide bonds. The van der Waals surface area contributed by atoms with Crippen LogP contribution in [0.3, 0.4) is 0 Å². The molecule has 9 heteroatoms. The van der Waals surface area contributed by atoms with Gasteiger partial charge in [0.15, 0.2) is 5.82 Å². The predicted molar refractivity (Wildman–Crippen MR) is 96.0 cm³/mol. The van der Waals surface area contributed by atoms with Gasteiger partial charge in [0.05, 0.1) is 19.8 Å². The van der Waals surface area contributed by atoms with Crippen LogP contribution in [0.2, 0.25) is 0 Å². The van der Waals surface area contributed by atoms with Gasteiger partial charge in [0.25, 0.3) is 0 Å². The van der Waals surface area contributed by atoms with E-state index in [-0.39, 0.29) is 0 Å². The number of hydrogen-bond acceptors (Lipinski definition) is 9. The number of nitrogens with one attached hydrogen (secondary N) is 1. The van der Waals surface area contributed by atoms with E-state index in [2.05, 4.69) is 35.2 Å². The summed E-state index contributed by atoms with van der Waals surface area (Å²) in [5.41, 5.74) is 0. The van der Waals surface area contributed by atoms with E-state index >= 15 is 0 Å². The Labute approximate surface area is 152 Å². The summed E-state index contributed by atoms with van der Waals surface area (Å²) >= 11 is 0. The fourth-order valence-electron chi connectivity index (χ4n) is 3.38. The summed E-state index contributed by atoms with van der Waals surface area (Å²) in [4.78, 5) is 17.9. The van der Waals surface area contributed by atoms with Crippen LogP contribution in [0, 0.1) is 6.92 Å². The van der Waals surface area contributed by atoms with Gasteiger partial charge in [0.2, 0.25) is 11.8 Å². The molecule has 0 saturated carbocycles. The van der Waals surface area contributed by atoms with Crippen molar-refractivity contribution in [3.8, 4) is 0 Å². The average molecular weight is 359 g/mol. The van der Waals surface area contributed by atoms with Crippen molar-refractivity contribution in [3.05, 3.63) is 24.0 Å². The standard InChI is InChI=1S/C17H25N7O2/c1-13-19-16(26-22-13)12-23-6-3-14(4-7-23)20-15-2-5-18-17(21-15)24-8-10-25-11-9-24/h2,5,14H,3-4,6-12H2,1H3,(H,18,20,21). The summed E-state index contributed by atoms with van der Waals surface area (Å²) < 4.78 is 10.6. The topological polar surface area (TPSA) is 92.4 Å². The van der Waals surface area contributed by atoms with Crippen molar-refractivity contribution in [1.29, 1.82) is 0 Å². The Hall–Kier alpha value is -2.26. The molecule has 0 atom stereocenters. The molecule has 4 heterocycles. The second kappa shape index (κ2) is 7.96. The van der Waals surface area contributed by atoms with Crippen molar-refractivity contribution < 1.29 is 9.26 Å². The number of ether oxygens (including phenoxy) is 1. The lowest BCUT2D eigenvalue weighted by atomic mass is 10.1. The lowest BCUT2D eigenvalue weighted by molar-refractivity contribution is 0.122. The Balaban J connectivity index is 1.28. The summed E-state index contributed by atoms with van der Waals surface area (Å²) in [6.07, 6.45) is 3.95. The molecule has 4 rings (SSSR count). The maximum absolute atomic E-state index is 5.39. The molecule has 0 aliphatic carbocycles. The number of hydrogen-bond donors (Lipinski definition) is 1. The minimum absolute atomic E-state index is 0.420. The molecule has 0 aromatic carbocycles. The van der Waals surface area contributed by atoms with Crippen LogP contribution in [-0.2, 0) is 11.3 Å². The highest BCUT2D eigenvalue weighted by Crippen LogP contribution is 2.18. The second-order valence-electron chi connectivity index (χ2n) is 6.77. The number of aryl methyl sites for hydroxylation is 1. The van der Waals surface area contributed by atoms with E-state index < -0.39 is 0 Å². The molecule has 1 N–H and O–H groups in total. The Kier molecular flexibility index (Phi) is 5.26. The van der Waals surface area contributed by atoms with Crippen molar-refractivity contribution >= 4 is 11.8 Å². The van der Waals surface area contributed by atoms with E-state index in [0.717, 1.165) is 70.5 Å². The van der Waals surface area contributed by atoms with Gasteiger partial charge in [-0.3, -0.25) is 4.90 Å². The third-order valence-corrected chi connectivity index (χ3v) is 4.80. The average Bonchev–Trinajstić information content (AvgIpc) is 3.09. The molecule has 26 heavy (non-hydrogen) atoms. The van der Waals surface area contributed by atoms with Crippen molar-refractivity contribution in [2.75, 3.05) is 49.6 Å². The minimum atomic E-state index is 0.420. The normalized spacial score (nSPS) is 19.7. The first-order valence-corrected chi connectivity index (χ1v) is 9.20. The third-order valence-electron chi connectivity index (χ3n) is 4.80. The summed E-state index contributed by atoms with van der Waals surface area (Å²) in [6, 6.07) is 2.36. The number of piperidine rings is 1. The highest BCUT2D eigenvalue weighted by molar-refractivity contribution is 5.42. The highest BCUT2D eigenvalue weighted by atomic mass is 16.5. The van der Waals surface area contributed by atoms with Crippen LogP contribution in [0.15, 0.2) is 16.8 Å². The van der Waals surface area contributed by atoms with Crippen LogP contribution >= 0.6 is 0 Å². The molecule has 2 fully saturated rings. The molecule has 140 valence electrons. The molecular formula is C17H25N7O2. The van der Waals surface area contributed by atoms with Gasteiger partial charge in [-0.15, -0.1) is 0 Å². The molecule has 2 aromatic heterocycles. The van der Waals surface area contributed by atoms with Crippen LogP contribution in [0.5, 0.6) is 0 Å². The van der Waals surface area contributed by atoms with Gasteiger partial charge in [-0.25, -0.2) is 4.98 Å². The highest BCUT2D eigenvalue weighted by Gasteiger charge is 2.21. The zero-order valence-electron chi connectivity index (χ0n) is 15.1. The Morgan fingerprint density at radius 2 is 1.96 bits per heavy atom. The Bertz CT molecular complexity index is 709. The van der Waals surface area contributed by atoms with Crippen LogP contribution in [-0.4, -0.2) is 70.4 Å². The SMILES string of the molecule is Cc1noc(CN2CCC(Nc3ccnc(N4CCOCC4)n3)CC2)n1. The van der Waals surface area contributed by atoms with Crippen molar-refractivity contribution in [3.63, 3.8) is 0 Å². The summed E-state index contributed by atoms with van der Waals surface area (Å²) in [6.45, 7) is 7.73. The quantitative estimate of drug-likeness (QED) is 0.842. The number of aromatic nitrogens is 4. The molecule has 0 spiro atoms. The van der Waals surface area contributed by atoms with E-state index in [1.807, 2.05) is 19.2 Å². The lowest BCUT2D eigenvalue weighted by Crippen LogP contribution is -2.39. The second-order valence-corrected chi connectivity index (χ2v) is 6.77. The fraction of sp³-hybridized carbons (Fsp3) is 0.647. The number of rotatable bonds is 5. The minimum Gasteiger partial charge on any atom is -0.378 e. The zero-order valence-corrected chi connectivity index (χ0v) is 15.1. The van der Waals surface area contributed by atoms with E-state index in [1.165, 1.54) is 0 Å². The molecule has 2 aliphatic rings. The van der Waals surface area contributed by atoms with Gasteiger partial charge in [0.1, 0.15) is 5.82 Å². The number of nitrogens with zero attached hydrogens (tertiary/aromatic N) is 6. The molecule has 0 bridgehead atoms. The molecule has 0 unspecified atom stereocenters. The predicted octanol–water partition coefficient (Wildman–Crippen LogP) is 1.08. The Morgan fingerprint density at radius 1 is 1.15 bits per heavy atom. The number of likely N-dealkylation sites (tertiary alicyclic amines) is 1. The van der Waals surface area contributed by atoms with Gasteiger partial charge in [0, 0.05) is 38.4 Å².